The highest BCUT2D eigenvalue weighted by atomic mass is 16.4. The quantitative estimate of drug-likeness (QED) is 0.402. The van der Waals surface area contributed by atoms with Crippen molar-refractivity contribution in [3.8, 4) is 0 Å². The summed E-state index contributed by atoms with van der Waals surface area (Å²) in [5.41, 5.74) is 2.25. The maximum Gasteiger partial charge on any atom is 0.303 e. The summed E-state index contributed by atoms with van der Waals surface area (Å²) in [6, 6.07) is 7.36. The maximum atomic E-state index is 10.6. The van der Waals surface area contributed by atoms with Gasteiger partial charge in [0.2, 0.25) is 0 Å². The van der Waals surface area contributed by atoms with Crippen LogP contribution in [0.5, 0.6) is 0 Å². The third-order valence-electron chi connectivity index (χ3n) is 4.76. The molecule has 0 aliphatic carbocycles. The lowest BCUT2D eigenvalue weighted by molar-refractivity contribution is -0.137. The van der Waals surface area contributed by atoms with Gasteiger partial charge < -0.3 is 20.4 Å². The molecule has 0 fully saturated rings. The van der Waals surface area contributed by atoms with E-state index in [0.717, 1.165) is 19.3 Å². The minimum atomic E-state index is -1.16. The van der Waals surface area contributed by atoms with Crippen LogP contribution < -0.4 is 0 Å². The third kappa shape index (κ3) is 7.20. The van der Waals surface area contributed by atoms with Gasteiger partial charge in [-0.2, -0.15) is 0 Å². The Labute approximate surface area is 170 Å². The molecule has 1 heterocycles. The largest absolute Gasteiger partial charge is 0.481 e. The predicted octanol–water partition coefficient (Wildman–Crippen LogP) is 3.23. The van der Waals surface area contributed by atoms with Gasteiger partial charge in [-0.25, -0.2) is 9.97 Å². The summed E-state index contributed by atoms with van der Waals surface area (Å²) < 4.78 is 0. The van der Waals surface area contributed by atoms with Crippen LogP contribution in [0.15, 0.2) is 30.3 Å². The molecule has 0 radical (unpaired) electrons. The molecular formula is C22H30N2O5. The van der Waals surface area contributed by atoms with E-state index in [0.29, 0.717) is 28.8 Å². The summed E-state index contributed by atoms with van der Waals surface area (Å²) in [6.07, 6.45) is 3.87. The van der Waals surface area contributed by atoms with Crippen molar-refractivity contribution in [3.05, 3.63) is 41.7 Å². The van der Waals surface area contributed by atoms with E-state index in [-0.39, 0.29) is 19.3 Å². The van der Waals surface area contributed by atoms with Crippen LogP contribution in [0.1, 0.15) is 69.4 Å². The van der Waals surface area contributed by atoms with Crippen molar-refractivity contribution in [3.63, 3.8) is 0 Å². The number of hydrogen-bond acceptors (Lipinski definition) is 6. The van der Waals surface area contributed by atoms with Crippen molar-refractivity contribution < 1.29 is 25.2 Å². The molecule has 1 aromatic heterocycles. The molecule has 0 aliphatic rings. The number of aliphatic hydroxyl groups is 3. The van der Waals surface area contributed by atoms with Crippen molar-refractivity contribution in [1.29, 1.82) is 0 Å². The number of carbonyl (C=O) groups is 1. The fourth-order valence-corrected chi connectivity index (χ4v) is 3.07. The van der Waals surface area contributed by atoms with Crippen LogP contribution in [0.25, 0.3) is 17.1 Å². The average molecular weight is 402 g/mol. The summed E-state index contributed by atoms with van der Waals surface area (Å²) in [7, 11) is 0. The molecule has 7 nitrogen and oxygen atoms in total. The minimum Gasteiger partial charge on any atom is -0.481 e. The zero-order valence-electron chi connectivity index (χ0n) is 16.7. The van der Waals surface area contributed by atoms with Crippen LogP contribution in [-0.4, -0.2) is 48.6 Å². The lowest BCUT2D eigenvalue weighted by Gasteiger charge is -2.15. The molecule has 2 rings (SSSR count). The van der Waals surface area contributed by atoms with E-state index < -0.39 is 24.3 Å². The highest BCUT2D eigenvalue weighted by Crippen LogP contribution is 2.24. The molecule has 0 saturated heterocycles. The Bertz CT molecular complexity index is 824. The van der Waals surface area contributed by atoms with E-state index in [2.05, 4.69) is 16.9 Å². The van der Waals surface area contributed by atoms with Gasteiger partial charge in [0.1, 0.15) is 0 Å². The van der Waals surface area contributed by atoms with Gasteiger partial charge >= 0.3 is 5.97 Å². The maximum absolute atomic E-state index is 10.6. The van der Waals surface area contributed by atoms with Gasteiger partial charge in [0.15, 0.2) is 0 Å². The first kappa shape index (κ1) is 22.9. The first-order chi connectivity index (χ1) is 13.9. The Balaban J connectivity index is 2.19. The Morgan fingerprint density at radius 3 is 2.38 bits per heavy atom. The molecule has 7 heteroatoms. The molecule has 0 aliphatic heterocycles. The second kappa shape index (κ2) is 11.6. The van der Waals surface area contributed by atoms with Crippen LogP contribution in [0.3, 0.4) is 0 Å². The number of fused-ring (bicyclic) bond motifs is 1. The number of carboxylic acid groups (broad SMARTS) is 1. The van der Waals surface area contributed by atoms with E-state index in [1.54, 1.807) is 6.08 Å². The van der Waals surface area contributed by atoms with Crippen molar-refractivity contribution in [2.24, 2.45) is 0 Å². The molecule has 2 aromatic rings. The average Bonchev–Trinajstić information content (AvgIpc) is 2.70. The summed E-state index contributed by atoms with van der Waals surface area (Å²) >= 11 is 0. The topological polar surface area (TPSA) is 124 Å². The predicted molar refractivity (Wildman–Crippen MR) is 111 cm³/mol. The Morgan fingerprint density at radius 1 is 1.03 bits per heavy atom. The molecule has 0 unspecified atom stereocenters. The summed E-state index contributed by atoms with van der Waals surface area (Å²) in [5, 5.41) is 39.5. The molecule has 0 saturated carbocycles. The second-order valence-electron chi connectivity index (χ2n) is 7.20. The fourth-order valence-electron chi connectivity index (χ4n) is 3.07. The van der Waals surface area contributed by atoms with Gasteiger partial charge in [0.25, 0.3) is 0 Å². The number of aliphatic hydroxyl groups excluding tert-OH is 3. The zero-order chi connectivity index (χ0) is 21.2. The lowest BCUT2D eigenvalue weighted by Crippen LogP contribution is -2.23. The van der Waals surface area contributed by atoms with Gasteiger partial charge in [0, 0.05) is 6.42 Å². The van der Waals surface area contributed by atoms with E-state index in [9.17, 15) is 20.1 Å². The van der Waals surface area contributed by atoms with E-state index in [1.165, 1.54) is 6.08 Å². The number of nitrogens with zero attached hydrogens (tertiary/aromatic N) is 2. The SMILES string of the molecule is CCCCC[C@@H](O)c1nc2ccccc2nc1/C=C/[C@@H](O)[C@@H](O)CCCC(=O)O. The number of aromatic nitrogens is 2. The van der Waals surface area contributed by atoms with Crippen LogP contribution in [-0.2, 0) is 4.79 Å². The second-order valence-corrected chi connectivity index (χ2v) is 7.20. The fraction of sp³-hybridized carbons (Fsp3) is 0.500. The van der Waals surface area contributed by atoms with Crippen LogP contribution in [0.4, 0.5) is 0 Å². The van der Waals surface area contributed by atoms with Gasteiger partial charge in [-0.15, -0.1) is 0 Å². The van der Waals surface area contributed by atoms with Crippen molar-refractivity contribution in [2.75, 3.05) is 0 Å². The monoisotopic (exact) mass is 402 g/mol. The summed E-state index contributed by atoms with van der Waals surface area (Å²) in [6.45, 7) is 2.10. The van der Waals surface area contributed by atoms with E-state index in [1.807, 2.05) is 24.3 Å². The van der Waals surface area contributed by atoms with E-state index in [4.69, 9.17) is 5.11 Å². The van der Waals surface area contributed by atoms with Crippen molar-refractivity contribution in [1.82, 2.24) is 9.97 Å². The highest BCUT2D eigenvalue weighted by Gasteiger charge is 2.17. The minimum absolute atomic E-state index is 0.0578. The lowest BCUT2D eigenvalue weighted by atomic mass is 10.0. The van der Waals surface area contributed by atoms with Crippen molar-refractivity contribution in [2.45, 2.75) is 70.2 Å². The zero-order valence-corrected chi connectivity index (χ0v) is 16.7. The van der Waals surface area contributed by atoms with Gasteiger partial charge in [-0.3, -0.25) is 4.79 Å². The molecule has 158 valence electrons. The standard InChI is InChI=1S/C22H30N2O5/c1-2-3-4-10-20(27)22-17(23-15-8-5-6-9-16(15)24-22)13-14-19(26)18(25)11-7-12-21(28)29/h5-6,8-9,13-14,18-20,25-27H,2-4,7,10-12H2,1H3,(H,28,29)/b14-13+/t18-,19+,20+/m0/s1. The molecule has 0 bridgehead atoms. The number of aliphatic carboxylic acids is 1. The molecule has 3 atom stereocenters. The number of carboxylic acids is 1. The summed E-state index contributed by atoms with van der Waals surface area (Å²) in [5.74, 6) is -0.935. The smallest absolute Gasteiger partial charge is 0.303 e. The molecular weight excluding hydrogens is 372 g/mol. The highest BCUT2D eigenvalue weighted by molar-refractivity contribution is 5.75. The van der Waals surface area contributed by atoms with Crippen LogP contribution in [0.2, 0.25) is 0 Å². The number of rotatable bonds is 12. The Morgan fingerprint density at radius 2 is 1.72 bits per heavy atom. The number of benzene rings is 1. The number of para-hydroxylation sites is 2. The first-order valence-corrected chi connectivity index (χ1v) is 10.1. The number of unbranched alkanes of at least 4 members (excludes halogenated alkanes) is 2. The van der Waals surface area contributed by atoms with Crippen LogP contribution in [0, 0.1) is 0 Å². The molecule has 4 N–H and O–H groups in total. The van der Waals surface area contributed by atoms with Crippen LogP contribution >= 0.6 is 0 Å². The number of hydrogen-bond donors (Lipinski definition) is 4. The molecule has 0 amide bonds. The van der Waals surface area contributed by atoms with Gasteiger partial charge in [-0.1, -0.05) is 44.4 Å². The molecule has 1 aromatic carbocycles. The molecule has 0 spiro atoms. The molecule has 29 heavy (non-hydrogen) atoms. The third-order valence-corrected chi connectivity index (χ3v) is 4.76. The first-order valence-electron chi connectivity index (χ1n) is 10.1. The normalized spacial score (nSPS) is 14.9. The Kier molecular flexibility index (Phi) is 9.18. The Hall–Kier alpha value is -2.35. The van der Waals surface area contributed by atoms with Gasteiger partial charge in [-0.05, 0) is 37.5 Å². The van der Waals surface area contributed by atoms with Crippen molar-refractivity contribution >= 4 is 23.1 Å². The van der Waals surface area contributed by atoms with Gasteiger partial charge in [0.05, 0.1) is 40.7 Å². The summed E-state index contributed by atoms with van der Waals surface area (Å²) in [4.78, 5) is 19.7. The van der Waals surface area contributed by atoms with E-state index >= 15 is 0 Å².